The van der Waals surface area contributed by atoms with Gasteiger partial charge in [-0.2, -0.15) is 0 Å². The third-order valence-electron chi connectivity index (χ3n) is 2.46. The molecule has 0 radical (unpaired) electrons. The van der Waals surface area contributed by atoms with E-state index in [2.05, 4.69) is 17.0 Å². The monoisotopic (exact) mass is 201 g/mol. The van der Waals surface area contributed by atoms with Gasteiger partial charge in [0.05, 0.1) is 7.11 Å². The van der Waals surface area contributed by atoms with E-state index in [0.717, 1.165) is 19.3 Å². The van der Waals surface area contributed by atoms with Crippen LogP contribution in [0.4, 0.5) is 0 Å². The second kappa shape index (κ2) is 9.00. The Labute approximate surface area is 87.2 Å². The predicted octanol–water partition coefficient (Wildman–Crippen LogP) is 2.11. The maximum Gasteiger partial charge on any atom is 0.305 e. The smallest absolute Gasteiger partial charge is 0.305 e. The van der Waals surface area contributed by atoms with Crippen LogP contribution in [0.5, 0.6) is 0 Å². The highest BCUT2D eigenvalue weighted by atomic mass is 16.5. The summed E-state index contributed by atoms with van der Waals surface area (Å²) in [6, 6.07) is 0.609. The first kappa shape index (κ1) is 13.4. The standard InChI is InChI=1S/C11H23NO2/c1-4-7-10(12-2)8-5-6-9-11(13)14-3/h10,12H,4-9H2,1-3H3. The second-order valence-electron chi connectivity index (χ2n) is 3.60. The highest BCUT2D eigenvalue weighted by molar-refractivity contribution is 5.68. The third-order valence-corrected chi connectivity index (χ3v) is 2.46. The minimum Gasteiger partial charge on any atom is -0.469 e. The Hall–Kier alpha value is -0.570. The topological polar surface area (TPSA) is 38.3 Å². The molecule has 0 aromatic rings. The molecule has 0 rings (SSSR count). The zero-order valence-electron chi connectivity index (χ0n) is 9.64. The molecule has 0 bridgehead atoms. The van der Waals surface area contributed by atoms with Crippen molar-refractivity contribution < 1.29 is 9.53 Å². The highest BCUT2D eigenvalue weighted by Crippen LogP contribution is 2.08. The van der Waals surface area contributed by atoms with Gasteiger partial charge in [0.1, 0.15) is 0 Å². The number of hydrogen-bond donors (Lipinski definition) is 1. The summed E-state index contributed by atoms with van der Waals surface area (Å²) >= 11 is 0. The van der Waals surface area contributed by atoms with Crippen molar-refractivity contribution in [1.29, 1.82) is 0 Å². The molecule has 0 saturated carbocycles. The molecule has 0 aliphatic heterocycles. The van der Waals surface area contributed by atoms with Gasteiger partial charge in [-0.15, -0.1) is 0 Å². The number of ether oxygens (including phenoxy) is 1. The molecule has 0 aliphatic carbocycles. The van der Waals surface area contributed by atoms with Gasteiger partial charge in [0.25, 0.3) is 0 Å². The maximum atomic E-state index is 10.8. The van der Waals surface area contributed by atoms with Crippen molar-refractivity contribution in [3.05, 3.63) is 0 Å². The first-order chi connectivity index (χ1) is 6.74. The fourth-order valence-corrected chi connectivity index (χ4v) is 1.54. The average Bonchev–Trinajstić information content (AvgIpc) is 2.22. The molecule has 14 heavy (non-hydrogen) atoms. The third kappa shape index (κ3) is 6.89. The van der Waals surface area contributed by atoms with E-state index < -0.39 is 0 Å². The minimum absolute atomic E-state index is 0.0958. The van der Waals surface area contributed by atoms with Crippen LogP contribution in [0.25, 0.3) is 0 Å². The van der Waals surface area contributed by atoms with Crippen LogP contribution in [-0.2, 0) is 9.53 Å². The number of unbranched alkanes of at least 4 members (excludes halogenated alkanes) is 1. The Morgan fingerprint density at radius 2 is 2.07 bits per heavy atom. The SMILES string of the molecule is CCCC(CCCCC(=O)OC)NC. The van der Waals surface area contributed by atoms with Crippen molar-refractivity contribution >= 4 is 5.97 Å². The summed E-state index contributed by atoms with van der Waals surface area (Å²) < 4.78 is 4.58. The molecule has 0 heterocycles. The first-order valence-corrected chi connectivity index (χ1v) is 5.48. The van der Waals surface area contributed by atoms with E-state index >= 15 is 0 Å². The summed E-state index contributed by atoms with van der Waals surface area (Å²) in [5.74, 6) is -0.0958. The molecule has 0 aromatic carbocycles. The molecule has 0 fully saturated rings. The van der Waals surface area contributed by atoms with Gasteiger partial charge < -0.3 is 10.1 Å². The van der Waals surface area contributed by atoms with Crippen molar-refractivity contribution in [3.63, 3.8) is 0 Å². The van der Waals surface area contributed by atoms with Gasteiger partial charge in [0.15, 0.2) is 0 Å². The quantitative estimate of drug-likeness (QED) is 0.483. The second-order valence-corrected chi connectivity index (χ2v) is 3.60. The summed E-state index contributed by atoms with van der Waals surface area (Å²) in [6.45, 7) is 2.19. The van der Waals surface area contributed by atoms with E-state index in [4.69, 9.17) is 0 Å². The molecular formula is C11H23NO2. The fourth-order valence-electron chi connectivity index (χ4n) is 1.54. The Kier molecular flexibility index (Phi) is 8.64. The van der Waals surface area contributed by atoms with Crippen LogP contribution in [0.1, 0.15) is 45.4 Å². The van der Waals surface area contributed by atoms with E-state index in [1.165, 1.54) is 20.0 Å². The van der Waals surface area contributed by atoms with Crippen LogP contribution in [0.3, 0.4) is 0 Å². The number of rotatable bonds is 8. The van der Waals surface area contributed by atoms with Gasteiger partial charge >= 0.3 is 5.97 Å². The number of methoxy groups -OCH3 is 1. The number of nitrogens with one attached hydrogen (secondary N) is 1. The largest absolute Gasteiger partial charge is 0.469 e. The lowest BCUT2D eigenvalue weighted by Crippen LogP contribution is -2.24. The van der Waals surface area contributed by atoms with Gasteiger partial charge in [0.2, 0.25) is 0 Å². The van der Waals surface area contributed by atoms with E-state index in [0.29, 0.717) is 12.5 Å². The molecule has 84 valence electrons. The molecule has 0 amide bonds. The van der Waals surface area contributed by atoms with Crippen molar-refractivity contribution in [2.45, 2.75) is 51.5 Å². The lowest BCUT2D eigenvalue weighted by molar-refractivity contribution is -0.140. The highest BCUT2D eigenvalue weighted by Gasteiger charge is 2.05. The van der Waals surface area contributed by atoms with E-state index in [1.54, 1.807) is 0 Å². The van der Waals surface area contributed by atoms with Gasteiger partial charge in [-0.05, 0) is 26.3 Å². The Morgan fingerprint density at radius 1 is 1.36 bits per heavy atom. The van der Waals surface area contributed by atoms with Gasteiger partial charge in [-0.3, -0.25) is 4.79 Å². The lowest BCUT2D eigenvalue weighted by atomic mass is 10.0. The van der Waals surface area contributed by atoms with E-state index in [1.807, 2.05) is 7.05 Å². The van der Waals surface area contributed by atoms with Gasteiger partial charge in [-0.1, -0.05) is 19.8 Å². The van der Waals surface area contributed by atoms with Crippen LogP contribution in [0.15, 0.2) is 0 Å². The molecule has 0 saturated heterocycles. The Balaban J connectivity index is 3.37. The van der Waals surface area contributed by atoms with Crippen molar-refractivity contribution in [1.82, 2.24) is 5.32 Å². The first-order valence-electron chi connectivity index (χ1n) is 5.48. The lowest BCUT2D eigenvalue weighted by Gasteiger charge is -2.14. The minimum atomic E-state index is -0.0958. The average molecular weight is 201 g/mol. The molecular weight excluding hydrogens is 178 g/mol. The number of carbonyl (C=O) groups is 1. The Bertz CT molecular complexity index is 148. The summed E-state index contributed by atoms with van der Waals surface area (Å²) in [7, 11) is 3.44. The number of hydrogen-bond acceptors (Lipinski definition) is 3. The van der Waals surface area contributed by atoms with E-state index in [9.17, 15) is 4.79 Å². The zero-order chi connectivity index (χ0) is 10.8. The van der Waals surface area contributed by atoms with Crippen molar-refractivity contribution in [2.24, 2.45) is 0 Å². The molecule has 0 aromatic heterocycles. The zero-order valence-corrected chi connectivity index (χ0v) is 9.64. The Morgan fingerprint density at radius 3 is 2.57 bits per heavy atom. The molecule has 1 atom stereocenters. The summed E-state index contributed by atoms with van der Waals surface area (Å²) in [5.41, 5.74) is 0. The summed E-state index contributed by atoms with van der Waals surface area (Å²) in [5, 5.41) is 3.29. The van der Waals surface area contributed by atoms with Gasteiger partial charge in [0, 0.05) is 12.5 Å². The van der Waals surface area contributed by atoms with Crippen LogP contribution >= 0.6 is 0 Å². The fraction of sp³-hybridized carbons (Fsp3) is 0.909. The van der Waals surface area contributed by atoms with Gasteiger partial charge in [-0.25, -0.2) is 0 Å². The van der Waals surface area contributed by atoms with Crippen molar-refractivity contribution in [2.75, 3.05) is 14.2 Å². The molecule has 3 heteroatoms. The molecule has 1 unspecified atom stereocenters. The maximum absolute atomic E-state index is 10.8. The van der Waals surface area contributed by atoms with Crippen LogP contribution in [-0.4, -0.2) is 26.2 Å². The summed E-state index contributed by atoms with van der Waals surface area (Å²) in [6.07, 6.45) is 6.17. The van der Waals surface area contributed by atoms with Crippen molar-refractivity contribution in [3.8, 4) is 0 Å². The number of esters is 1. The van der Waals surface area contributed by atoms with Crippen LogP contribution in [0, 0.1) is 0 Å². The molecule has 1 N–H and O–H groups in total. The molecule has 3 nitrogen and oxygen atoms in total. The van der Waals surface area contributed by atoms with Crippen LogP contribution in [0.2, 0.25) is 0 Å². The normalized spacial score (nSPS) is 12.5. The number of carbonyl (C=O) groups excluding carboxylic acids is 1. The molecule has 0 spiro atoms. The summed E-state index contributed by atoms with van der Waals surface area (Å²) in [4.78, 5) is 10.8. The van der Waals surface area contributed by atoms with E-state index in [-0.39, 0.29) is 5.97 Å². The van der Waals surface area contributed by atoms with Crippen LogP contribution < -0.4 is 5.32 Å². The molecule has 0 aliphatic rings. The predicted molar refractivity (Wildman–Crippen MR) is 58.2 cm³/mol.